The summed E-state index contributed by atoms with van der Waals surface area (Å²) in [5.74, 6) is 0. The van der Waals surface area contributed by atoms with E-state index < -0.39 is 0 Å². The van der Waals surface area contributed by atoms with Crippen LogP contribution in [0.1, 0.15) is 58.8 Å². The Kier molecular flexibility index (Phi) is 3.91. The molecule has 16 heavy (non-hydrogen) atoms. The minimum Gasteiger partial charge on any atom is -0.329 e. The Bertz CT molecular complexity index is 225. The number of rotatable bonds is 2. The summed E-state index contributed by atoms with van der Waals surface area (Å²) in [7, 11) is 0. The third-order valence-electron chi connectivity index (χ3n) is 4.80. The fraction of sp³-hybridized carbons (Fsp3) is 1.00. The number of likely N-dealkylation sites (tertiary alicyclic amines) is 1. The molecule has 0 radical (unpaired) electrons. The van der Waals surface area contributed by atoms with Crippen LogP contribution in [0.2, 0.25) is 0 Å². The monoisotopic (exact) mass is 224 g/mol. The normalized spacial score (nSPS) is 36.2. The van der Waals surface area contributed by atoms with Gasteiger partial charge in [-0.25, -0.2) is 0 Å². The van der Waals surface area contributed by atoms with E-state index in [1.165, 1.54) is 51.5 Å². The van der Waals surface area contributed by atoms with Crippen molar-refractivity contribution in [2.24, 2.45) is 11.1 Å². The smallest absolute Gasteiger partial charge is 0.0221 e. The van der Waals surface area contributed by atoms with Gasteiger partial charge in [0.15, 0.2) is 0 Å². The van der Waals surface area contributed by atoms with Crippen molar-refractivity contribution in [3.05, 3.63) is 0 Å². The summed E-state index contributed by atoms with van der Waals surface area (Å²) in [5, 5.41) is 0. The van der Waals surface area contributed by atoms with Crippen LogP contribution in [0.15, 0.2) is 0 Å². The van der Waals surface area contributed by atoms with Crippen LogP contribution in [0.5, 0.6) is 0 Å². The Labute approximate surface area is 101 Å². The second-order valence-corrected chi connectivity index (χ2v) is 6.37. The Hall–Kier alpha value is -0.0800. The molecular weight excluding hydrogens is 196 g/mol. The lowest BCUT2D eigenvalue weighted by molar-refractivity contribution is 0.00319. The average molecular weight is 224 g/mol. The minimum atomic E-state index is 0.503. The van der Waals surface area contributed by atoms with Gasteiger partial charge in [-0.1, -0.05) is 33.1 Å². The van der Waals surface area contributed by atoms with Gasteiger partial charge < -0.3 is 5.73 Å². The molecule has 0 amide bonds. The fourth-order valence-corrected chi connectivity index (χ4v) is 3.78. The van der Waals surface area contributed by atoms with Crippen LogP contribution in [-0.4, -0.2) is 30.1 Å². The van der Waals surface area contributed by atoms with E-state index in [4.69, 9.17) is 5.73 Å². The molecule has 1 saturated carbocycles. The molecule has 2 heteroatoms. The number of nitrogens with zero attached hydrogens (tertiary/aromatic N) is 1. The van der Waals surface area contributed by atoms with Crippen LogP contribution >= 0.6 is 0 Å². The first kappa shape index (κ1) is 12.4. The second kappa shape index (κ2) is 5.05. The van der Waals surface area contributed by atoms with E-state index in [0.717, 1.165) is 12.6 Å². The standard InChI is InChI=1S/C14H28N2/c1-14(2)9-5-3-8-13(14)16-10-6-4-7-12(16)11-15/h12-13H,3-11,15H2,1-2H3. The van der Waals surface area contributed by atoms with Crippen molar-refractivity contribution in [2.45, 2.75) is 70.9 Å². The highest BCUT2D eigenvalue weighted by Crippen LogP contribution is 2.40. The molecule has 0 bridgehead atoms. The predicted molar refractivity (Wildman–Crippen MR) is 69.4 cm³/mol. The first-order valence-corrected chi connectivity index (χ1v) is 7.11. The van der Waals surface area contributed by atoms with Gasteiger partial charge in [0.1, 0.15) is 0 Å². The highest BCUT2D eigenvalue weighted by molar-refractivity contribution is 4.93. The van der Waals surface area contributed by atoms with E-state index in [0.29, 0.717) is 11.5 Å². The lowest BCUT2D eigenvalue weighted by atomic mass is 9.71. The summed E-state index contributed by atoms with van der Waals surface area (Å²) < 4.78 is 0. The molecule has 0 spiro atoms. The molecule has 2 atom stereocenters. The van der Waals surface area contributed by atoms with Gasteiger partial charge in [-0.05, 0) is 37.6 Å². The van der Waals surface area contributed by atoms with Gasteiger partial charge in [-0.15, -0.1) is 0 Å². The van der Waals surface area contributed by atoms with Crippen LogP contribution < -0.4 is 5.73 Å². The first-order chi connectivity index (χ1) is 7.65. The van der Waals surface area contributed by atoms with Gasteiger partial charge in [0, 0.05) is 18.6 Å². The largest absolute Gasteiger partial charge is 0.329 e. The molecule has 0 aromatic carbocycles. The van der Waals surface area contributed by atoms with E-state index in [-0.39, 0.29) is 0 Å². The molecule has 2 N–H and O–H groups in total. The summed E-state index contributed by atoms with van der Waals surface area (Å²) >= 11 is 0. The summed E-state index contributed by atoms with van der Waals surface area (Å²) in [6.07, 6.45) is 9.71. The van der Waals surface area contributed by atoms with Gasteiger partial charge >= 0.3 is 0 Å². The fourth-order valence-electron chi connectivity index (χ4n) is 3.78. The van der Waals surface area contributed by atoms with Crippen LogP contribution in [-0.2, 0) is 0 Å². The quantitative estimate of drug-likeness (QED) is 0.781. The van der Waals surface area contributed by atoms with Crippen molar-refractivity contribution < 1.29 is 0 Å². The molecule has 1 saturated heterocycles. The predicted octanol–water partition coefficient (Wildman–Crippen LogP) is 2.77. The van der Waals surface area contributed by atoms with Gasteiger partial charge in [-0.3, -0.25) is 4.90 Å². The molecule has 2 fully saturated rings. The van der Waals surface area contributed by atoms with E-state index in [9.17, 15) is 0 Å². The third kappa shape index (κ3) is 2.43. The van der Waals surface area contributed by atoms with Crippen molar-refractivity contribution in [1.82, 2.24) is 4.90 Å². The topological polar surface area (TPSA) is 29.3 Å². The maximum absolute atomic E-state index is 5.95. The number of nitrogens with two attached hydrogens (primary N) is 1. The zero-order valence-corrected chi connectivity index (χ0v) is 11.0. The summed E-state index contributed by atoms with van der Waals surface area (Å²) in [5.41, 5.74) is 6.45. The molecule has 2 rings (SSSR count). The molecule has 1 aliphatic carbocycles. The molecule has 94 valence electrons. The van der Waals surface area contributed by atoms with Gasteiger partial charge in [0.2, 0.25) is 0 Å². The maximum Gasteiger partial charge on any atom is 0.0221 e. The van der Waals surface area contributed by atoms with Crippen molar-refractivity contribution in [1.29, 1.82) is 0 Å². The third-order valence-corrected chi connectivity index (χ3v) is 4.80. The highest BCUT2D eigenvalue weighted by atomic mass is 15.2. The average Bonchev–Trinajstić information content (AvgIpc) is 2.28. The van der Waals surface area contributed by atoms with Crippen LogP contribution in [0, 0.1) is 5.41 Å². The van der Waals surface area contributed by atoms with E-state index >= 15 is 0 Å². The second-order valence-electron chi connectivity index (χ2n) is 6.37. The molecule has 2 unspecified atom stereocenters. The minimum absolute atomic E-state index is 0.503. The lowest BCUT2D eigenvalue weighted by Crippen LogP contribution is -2.55. The molecule has 0 aromatic heterocycles. The summed E-state index contributed by atoms with van der Waals surface area (Å²) in [4.78, 5) is 2.75. The van der Waals surface area contributed by atoms with E-state index in [1.807, 2.05) is 0 Å². The Balaban J connectivity index is 2.08. The molecule has 2 nitrogen and oxygen atoms in total. The van der Waals surface area contributed by atoms with Crippen LogP contribution in [0.4, 0.5) is 0 Å². The highest BCUT2D eigenvalue weighted by Gasteiger charge is 2.39. The molecule has 0 aromatic rings. The maximum atomic E-state index is 5.95. The summed E-state index contributed by atoms with van der Waals surface area (Å²) in [6, 6.07) is 1.45. The Morgan fingerprint density at radius 3 is 2.56 bits per heavy atom. The SMILES string of the molecule is CC1(C)CCCCC1N1CCCCC1CN. The lowest BCUT2D eigenvalue weighted by Gasteiger charge is -2.50. The number of hydrogen-bond acceptors (Lipinski definition) is 2. The van der Waals surface area contributed by atoms with Gasteiger partial charge in [0.05, 0.1) is 0 Å². The van der Waals surface area contributed by atoms with Crippen LogP contribution in [0.3, 0.4) is 0 Å². The number of hydrogen-bond donors (Lipinski definition) is 1. The summed E-state index contributed by atoms with van der Waals surface area (Å²) in [6.45, 7) is 7.06. The van der Waals surface area contributed by atoms with E-state index in [2.05, 4.69) is 18.7 Å². The molecular formula is C14H28N2. The number of piperidine rings is 1. The molecule has 1 heterocycles. The Morgan fingerprint density at radius 1 is 1.12 bits per heavy atom. The molecule has 2 aliphatic rings. The van der Waals surface area contributed by atoms with E-state index in [1.54, 1.807) is 0 Å². The zero-order chi connectivity index (χ0) is 11.6. The van der Waals surface area contributed by atoms with Crippen molar-refractivity contribution in [3.8, 4) is 0 Å². The van der Waals surface area contributed by atoms with Crippen molar-refractivity contribution in [3.63, 3.8) is 0 Å². The van der Waals surface area contributed by atoms with Crippen molar-refractivity contribution in [2.75, 3.05) is 13.1 Å². The zero-order valence-electron chi connectivity index (χ0n) is 11.0. The first-order valence-electron chi connectivity index (χ1n) is 7.11. The van der Waals surface area contributed by atoms with Crippen molar-refractivity contribution >= 4 is 0 Å². The molecule has 1 aliphatic heterocycles. The van der Waals surface area contributed by atoms with Gasteiger partial charge in [0.25, 0.3) is 0 Å². The Morgan fingerprint density at radius 2 is 1.88 bits per heavy atom. The van der Waals surface area contributed by atoms with Crippen LogP contribution in [0.25, 0.3) is 0 Å². The van der Waals surface area contributed by atoms with Gasteiger partial charge in [-0.2, -0.15) is 0 Å².